The van der Waals surface area contributed by atoms with Crippen LogP contribution in [0, 0.1) is 5.82 Å². The summed E-state index contributed by atoms with van der Waals surface area (Å²) in [6.07, 6.45) is 2.20. The summed E-state index contributed by atoms with van der Waals surface area (Å²) in [5.41, 5.74) is 1.59. The number of halogens is 1. The SMILES string of the molecule is CC(C)(C)OC(=O)N[C@H]1CSc2cc(F)c(-c3noc(C(C)(C)S(C)(=O)=O)n3)cc2N(Cc2ccc(C3CCOCC3)cc2)C1=O. The number of carbonyl (C=O) groups is 2. The number of hydrogen-bond donors (Lipinski definition) is 1. The number of benzene rings is 2. The van der Waals surface area contributed by atoms with Crippen LogP contribution in [0.15, 0.2) is 45.8 Å². The summed E-state index contributed by atoms with van der Waals surface area (Å²) in [7, 11) is -3.64. The molecule has 3 aromatic rings. The molecule has 5 rings (SSSR count). The van der Waals surface area contributed by atoms with E-state index in [1.54, 1.807) is 20.8 Å². The Hall–Kier alpha value is -3.49. The minimum atomic E-state index is -3.64. The van der Waals surface area contributed by atoms with Crippen LogP contribution in [0.4, 0.5) is 14.9 Å². The van der Waals surface area contributed by atoms with Gasteiger partial charge in [0, 0.05) is 30.1 Å². The number of nitrogens with zero attached hydrogens (tertiary/aromatic N) is 3. The van der Waals surface area contributed by atoms with Crippen LogP contribution in [0.3, 0.4) is 0 Å². The van der Waals surface area contributed by atoms with Crippen molar-refractivity contribution in [2.75, 3.05) is 30.1 Å². The fraction of sp³-hybridized carbons (Fsp3) is 0.500. The van der Waals surface area contributed by atoms with Crippen molar-refractivity contribution in [3.8, 4) is 11.4 Å². The molecule has 1 N–H and O–H groups in total. The van der Waals surface area contributed by atoms with Gasteiger partial charge in [0.15, 0.2) is 9.84 Å². The summed E-state index contributed by atoms with van der Waals surface area (Å²) in [6.45, 7) is 9.62. The Morgan fingerprint density at radius 1 is 1.13 bits per heavy atom. The number of nitrogens with one attached hydrogen (secondary N) is 1. The number of anilines is 1. The zero-order valence-electron chi connectivity index (χ0n) is 26.8. The van der Waals surface area contributed by atoms with Gasteiger partial charge >= 0.3 is 6.09 Å². The van der Waals surface area contributed by atoms with Crippen LogP contribution in [0.2, 0.25) is 0 Å². The van der Waals surface area contributed by atoms with Gasteiger partial charge in [-0.25, -0.2) is 17.6 Å². The molecular weight excluding hydrogens is 636 g/mol. The van der Waals surface area contributed by atoms with Crippen molar-refractivity contribution >= 4 is 39.3 Å². The minimum absolute atomic E-state index is 0.0649. The highest BCUT2D eigenvalue weighted by atomic mass is 32.2. The average Bonchev–Trinajstić information content (AvgIpc) is 3.44. The van der Waals surface area contributed by atoms with Gasteiger partial charge in [0.2, 0.25) is 11.7 Å². The summed E-state index contributed by atoms with van der Waals surface area (Å²) >= 11 is 1.22. The predicted molar refractivity (Wildman–Crippen MR) is 172 cm³/mol. The maximum Gasteiger partial charge on any atom is 0.408 e. The van der Waals surface area contributed by atoms with E-state index < -0.39 is 44.0 Å². The maximum atomic E-state index is 15.6. The Balaban J connectivity index is 1.51. The van der Waals surface area contributed by atoms with E-state index in [2.05, 4.69) is 27.6 Å². The molecule has 248 valence electrons. The highest BCUT2D eigenvalue weighted by Crippen LogP contribution is 2.40. The van der Waals surface area contributed by atoms with Crippen LogP contribution in [-0.2, 0) is 35.4 Å². The highest BCUT2D eigenvalue weighted by molar-refractivity contribution is 7.99. The summed E-state index contributed by atoms with van der Waals surface area (Å²) in [5.74, 6) is -0.887. The van der Waals surface area contributed by atoms with Gasteiger partial charge in [-0.05, 0) is 76.6 Å². The molecule has 0 unspecified atom stereocenters. The van der Waals surface area contributed by atoms with E-state index in [-0.39, 0.29) is 29.6 Å². The Bertz CT molecular complexity index is 1710. The Morgan fingerprint density at radius 2 is 1.80 bits per heavy atom. The van der Waals surface area contributed by atoms with Crippen molar-refractivity contribution in [2.45, 2.75) is 81.2 Å². The Morgan fingerprint density at radius 3 is 2.43 bits per heavy atom. The lowest BCUT2D eigenvalue weighted by molar-refractivity contribution is -0.120. The van der Waals surface area contributed by atoms with Crippen LogP contribution < -0.4 is 10.2 Å². The van der Waals surface area contributed by atoms with Crippen molar-refractivity contribution < 1.29 is 36.4 Å². The lowest BCUT2D eigenvalue weighted by Crippen LogP contribution is -2.50. The number of amides is 2. The number of aromatic nitrogens is 2. The molecule has 3 heterocycles. The van der Waals surface area contributed by atoms with Gasteiger partial charge < -0.3 is 24.2 Å². The molecular formula is C32H39FN4O7S2. The number of ether oxygens (including phenoxy) is 2. The molecule has 0 radical (unpaired) electrons. The second kappa shape index (κ2) is 13.0. The lowest BCUT2D eigenvalue weighted by atomic mass is 9.91. The van der Waals surface area contributed by atoms with Crippen LogP contribution in [0.25, 0.3) is 11.4 Å². The quantitative estimate of drug-likeness (QED) is 0.338. The van der Waals surface area contributed by atoms with E-state index in [1.807, 2.05) is 12.1 Å². The van der Waals surface area contributed by atoms with Crippen LogP contribution in [0.1, 0.15) is 70.4 Å². The van der Waals surface area contributed by atoms with Crippen molar-refractivity contribution in [3.05, 3.63) is 59.2 Å². The van der Waals surface area contributed by atoms with Crippen LogP contribution in [-0.4, -0.2) is 67.4 Å². The van der Waals surface area contributed by atoms with E-state index in [0.717, 1.165) is 37.9 Å². The number of thioether (sulfide) groups is 1. The Kier molecular flexibility index (Phi) is 9.54. The summed E-state index contributed by atoms with van der Waals surface area (Å²) in [4.78, 5) is 33.0. The van der Waals surface area contributed by atoms with E-state index in [9.17, 15) is 18.0 Å². The minimum Gasteiger partial charge on any atom is -0.444 e. The van der Waals surface area contributed by atoms with Crippen LogP contribution in [0.5, 0.6) is 0 Å². The van der Waals surface area contributed by atoms with E-state index in [0.29, 0.717) is 16.5 Å². The fourth-order valence-electron chi connectivity index (χ4n) is 5.15. The van der Waals surface area contributed by atoms with Crippen LogP contribution >= 0.6 is 11.8 Å². The molecule has 0 bridgehead atoms. The average molecular weight is 675 g/mol. The van der Waals surface area contributed by atoms with Gasteiger partial charge in [0.25, 0.3) is 5.91 Å². The van der Waals surface area contributed by atoms with Crippen molar-refractivity contribution in [1.82, 2.24) is 15.5 Å². The third kappa shape index (κ3) is 7.39. The summed E-state index contributed by atoms with van der Waals surface area (Å²) < 4.78 is 55.0. The lowest BCUT2D eigenvalue weighted by Gasteiger charge is -2.27. The molecule has 1 aromatic heterocycles. The number of rotatable bonds is 7. The zero-order valence-corrected chi connectivity index (χ0v) is 28.4. The molecule has 1 saturated heterocycles. The number of carbonyl (C=O) groups excluding carboxylic acids is 2. The van der Waals surface area contributed by atoms with Gasteiger partial charge in [-0.2, -0.15) is 4.98 Å². The summed E-state index contributed by atoms with van der Waals surface area (Å²) in [6, 6.07) is 9.83. The smallest absolute Gasteiger partial charge is 0.408 e. The first kappa shape index (κ1) is 33.9. The van der Waals surface area contributed by atoms with Crippen molar-refractivity contribution in [1.29, 1.82) is 0 Å². The third-order valence-corrected chi connectivity index (χ3v) is 11.3. The maximum absolute atomic E-state index is 15.6. The zero-order chi connectivity index (χ0) is 33.4. The number of sulfone groups is 1. The molecule has 46 heavy (non-hydrogen) atoms. The second-order valence-corrected chi connectivity index (χ2v) is 16.7. The molecule has 1 fully saturated rings. The molecule has 0 saturated carbocycles. The molecule has 0 aliphatic carbocycles. The van der Waals surface area contributed by atoms with E-state index in [4.69, 9.17) is 14.0 Å². The van der Waals surface area contributed by atoms with Gasteiger partial charge in [0.05, 0.1) is 17.8 Å². The molecule has 2 amide bonds. The first-order valence-electron chi connectivity index (χ1n) is 15.0. The van der Waals surface area contributed by atoms with Gasteiger partial charge in [-0.1, -0.05) is 29.4 Å². The highest BCUT2D eigenvalue weighted by Gasteiger charge is 2.39. The molecule has 11 nitrogen and oxygen atoms in total. The van der Waals surface area contributed by atoms with Crippen molar-refractivity contribution in [2.24, 2.45) is 0 Å². The monoisotopic (exact) mass is 674 g/mol. The largest absolute Gasteiger partial charge is 0.444 e. The molecule has 2 aromatic carbocycles. The first-order chi connectivity index (χ1) is 21.5. The molecule has 2 aliphatic rings. The number of alkyl carbamates (subject to hydrolysis) is 1. The summed E-state index contributed by atoms with van der Waals surface area (Å²) in [5, 5.41) is 6.57. The first-order valence-corrected chi connectivity index (χ1v) is 17.9. The normalized spacial score (nSPS) is 18.2. The molecule has 14 heteroatoms. The van der Waals surface area contributed by atoms with Gasteiger partial charge in [-0.3, -0.25) is 4.79 Å². The standard InChI is InChI=1S/C32H39FN4O7S2/c1-31(2,3)43-30(39)34-24-18-45-26-16-23(33)22(27-35-29(44-36-27)32(4,5)46(6,40)41)15-25(26)37(28(24)38)17-19-7-9-20(10-8-19)21-11-13-42-14-12-21/h7-10,15-16,21,24H,11-14,17-18H2,1-6H3,(H,34,39)/t24-/m0/s1. The Labute approximate surface area is 272 Å². The predicted octanol–water partition coefficient (Wildman–Crippen LogP) is 5.58. The molecule has 0 spiro atoms. The van der Waals surface area contributed by atoms with Gasteiger partial charge in [-0.15, -0.1) is 11.8 Å². The molecule has 2 aliphatic heterocycles. The number of hydrogen-bond acceptors (Lipinski definition) is 10. The van der Waals surface area contributed by atoms with Crippen molar-refractivity contribution in [3.63, 3.8) is 0 Å². The van der Waals surface area contributed by atoms with E-state index >= 15 is 4.39 Å². The topological polar surface area (TPSA) is 141 Å². The second-order valence-electron chi connectivity index (χ2n) is 13.1. The van der Waals surface area contributed by atoms with Gasteiger partial charge in [0.1, 0.15) is 22.2 Å². The third-order valence-electron chi connectivity index (χ3n) is 8.12. The van der Waals surface area contributed by atoms with E-state index in [1.165, 1.54) is 48.2 Å². The fourth-order valence-corrected chi connectivity index (χ4v) is 6.63. The number of fused-ring (bicyclic) bond motifs is 1. The molecule has 1 atom stereocenters.